The zero-order valence-corrected chi connectivity index (χ0v) is 15.0. The number of hydrogen-bond donors (Lipinski definition) is 0. The van der Waals surface area contributed by atoms with Gasteiger partial charge in [0, 0.05) is 5.56 Å². The molecule has 0 spiro atoms. The fourth-order valence-electron chi connectivity index (χ4n) is 2.44. The summed E-state index contributed by atoms with van der Waals surface area (Å²) in [7, 11) is 0. The highest BCUT2D eigenvalue weighted by molar-refractivity contribution is 8.23. The van der Waals surface area contributed by atoms with E-state index in [1.807, 2.05) is 36.4 Å². The van der Waals surface area contributed by atoms with E-state index in [2.05, 4.69) is 12.0 Å². The number of fused-ring (bicyclic) bond motifs is 1. The van der Waals surface area contributed by atoms with Crippen LogP contribution in [0.25, 0.3) is 10.8 Å². The average Bonchev–Trinajstić information content (AvgIpc) is 2.92. The first-order valence-corrected chi connectivity index (χ1v) is 9.28. The van der Waals surface area contributed by atoms with Gasteiger partial charge >= 0.3 is 0 Å². The third-order valence-electron chi connectivity index (χ3n) is 3.72. The van der Waals surface area contributed by atoms with E-state index in [9.17, 15) is 4.79 Å². The molecule has 0 aliphatic carbocycles. The van der Waals surface area contributed by atoms with Crippen LogP contribution in [0.15, 0.2) is 41.5 Å². The van der Waals surface area contributed by atoms with E-state index in [0.29, 0.717) is 16.7 Å². The lowest BCUT2D eigenvalue weighted by Gasteiger charge is -2.12. The standard InChI is InChI=1S/C18H18N2O2S2/c1-2-3-10-22-16-9-8-13-6-4-5-7-14(13)15(16)11-19-20-17(21)12-24-18(20)23/h4-9,11H,2-3,10,12H2,1H3. The number of carbonyl (C=O) groups is 1. The fourth-order valence-corrected chi connectivity index (χ4v) is 3.40. The van der Waals surface area contributed by atoms with Gasteiger partial charge in [0.15, 0.2) is 4.32 Å². The predicted molar refractivity (Wildman–Crippen MR) is 104 cm³/mol. The number of unbranched alkanes of at least 4 members (excludes halogenated alkanes) is 1. The number of ether oxygens (including phenoxy) is 1. The Bertz CT molecular complexity index is 789. The van der Waals surface area contributed by atoms with Gasteiger partial charge in [0.1, 0.15) is 5.75 Å². The van der Waals surface area contributed by atoms with Gasteiger partial charge in [-0.1, -0.05) is 67.7 Å². The molecule has 0 aromatic heterocycles. The van der Waals surface area contributed by atoms with Crippen molar-refractivity contribution >= 4 is 51.2 Å². The summed E-state index contributed by atoms with van der Waals surface area (Å²) in [6, 6.07) is 12.0. The second kappa shape index (κ2) is 7.77. The summed E-state index contributed by atoms with van der Waals surface area (Å²) in [5.41, 5.74) is 0.872. The topological polar surface area (TPSA) is 41.9 Å². The summed E-state index contributed by atoms with van der Waals surface area (Å²) in [5.74, 6) is 1.04. The number of hydrogen-bond acceptors (Lipinski definition) is 5. The van der Waals surface area contributed by atoms with Gasteiger partial charge in [0.2, 0.25) is 0 Å². The minimum absolute atomic E-state index is 0.0880. The number of thiocarbonyl (C=S) groups is 1. The largest absolute Gasteiger partial charge is 0.493 e. The van der Waals surface area contributed by atoms with Gasteiger partial charge in [-0.2, -0.15) is 10.1 Å². The molecule has 1 fully saturated rings. The number of hydrazone groups is 1. The van der Waals surface area contributed by atoms with Crippen molar-refractivity contribution in [2.45, 2.75) is 19.8 Å². The first-order valence-electron chi connectivity index (χ1n) is 7.89. The molecule has 1 amide bonds. The summed E-state index contributed by atoms with van der Waals surface area (Å²) in [4.78, 5) is 11.8. The van der Waals surface area contributed by atoms with Gasteiger partial charge in [0.05, 0.1) is 18.6 Å². The molecule has 0 saturated carbocycles. The fraction of sp³-hybridized carbons (Fsp3) is 0.278. The molecular weight excluding hydrogens is 340 g/mol. The van der Waals surface area contributed by atoms with Crippen LogP contribution in [0, 0.1) is 0 Å². The number of benzene rings is 2. The van der Waals surface area contributed by atoms with Crippen molar-refractivity contribution in [3.63, 3.8) is 0 Å². The lowest BCUT2D eigenvalue weighted by Crippen LogP contribution is -2.22. The summed E-state index contributed by atoms with van der Waals surface area (Å²) >= 11 is 6.51. The van der Waals surface area contributed by atoms with Crippen molar-refractivity contribution in [2.75, 3.05) is 12.4 Å². The molecule has 1 heterocycles. The van der Waals surface area contributed by atoms with E-state index in [-0.39, 0.29) is 5.91 Å². The Morgan fingerprint density at radius 3 is 2.92 bits per heavy atom. The van der Waals surface area contributed by atoms with Gasteiger partial charge in [-0.05, 0) is 23.3 Å². The summed E-state index contributed by atoms with van der Waals surface area (Å²) in [6.45, 7) is 2.79. The van der Waals surface area contributed by atoms with Crippen molar-refractivity contribution in [2.24, 2.45) is 5.10 Å². The van der Waals surface area contributed by atoms with E-state index in [4.69, 9.17) is 17.0 Å². The average molecular weight is 358 g/mol. The van der Waals surface area contributed by atoms with Crippen molar-refractivity contribution in [3.05, 3.63) is 42.0 Å². The van der Waals surface area contributed by atoms with Gasteiger partial charge in [-0.15, -0.1) is 0 Å². The monoisotopic (exact) mass is 358 g/mol. The minimum atomic E-state index is -0.0880. The molecule has 3 rings (SSSR count). The van der Waals surface area contributed by atoms with Gasteiger partial charge in [0.25, 0.3) is 5.91 Å². The lowest BCUT2D eigenvalue weighted by atomic mass is 10.0. The molecule has 0 unspecified atom stereocenters. The molecule has 6 heteroatoms. The third kappa shape index (κ3) is 3.60. The first kappa shape index (κ1) is 16.9. The number of carbonyl (C=O) groups excluding carboxylic acids is 1. The maximum absolute atomic E-state index is 11.8. The van der Waals surface area contributed by atoms with Gasteiger partial charge in [-0.3, -0.25) is 4.79 Å². The van der Waals surface area contributed by atoms with Crippen LogP contribution in [-0.2, 0) is 4.79 Å². The minimum Gasteiger partial charge on any atom is -0.493 e. The molecule has 0 atom stereocenters. The Balaban J connectivity index is 1.97. The second-order valence-corrected chi connectivity index (χ2v) is 7.01. The molecule has 1 aliphatic rings. The third-order valence-corrected chi connectivity index (χ3v) is 5.05. The van der Waals surface area contributed by atoms with E-state index < -0.39 is 0 Å². The molecule has 2 aromatic rings. The summed E-state index contributed by atoms with van der Waals surface area (Å²) in [5, 5.41) is 7.75. The number of nitrogens with zero attached hydrogens (tertiary/aromatic N) is 2. The van der Waals surface area contributed by atoms with Gasteiger partial charge < -0.3 is 4.74 Å². The molecule has 0 radical (unpaired) electrons. The van der Waals surface area contributed by atoms with Crippen LogP contribution in [-0.4, -0.2) is 33.8 Å². The molecule has 124 valence electrons. The van der Waals surface area contributed by atoms with Gasteiger partial charge in [-0.25, -0.2) is 0 Å². The van der Waals surface area contributed by atoms with Crippen LogP contribution in [0.5, 0.6) is 5.75 Å². The predicted octanol–water partition coefficient (Wildman–Crippen LogP) is 4.21. The molecule has 0 bridgehead atoms. The van der Waals surface area contributed by atoms with Crippen molar-refractivity contribution < 1.29 is 9.53 Å². The van der Waals surface area contributed by atoms with Crippen LogP contribution >= 0.6 is 24.0 Å². The quantitative estimate of drug-likeness (QED) is 0.441. The van der Waals surface area contributed by atoms with Crippen LogP contribution in [0.4, 0.5) is 0 Å². The summed E-state index contributed by atoms with van der Waals surface area (Å²) in [6.07, 6.45) is 3.75. The van der Waals surface area contributed by atoms with E-state index in [0.717, 1.165) is 34.9 Å². The smallest absolute Gasteiger partial charge is 0.259 e. The van der Waals surface area contributed by atoms with Crippen LogP contribution in [0.1, 0.15) is 25.3 Å². The normalized spacial score (nSPS) is 15.0. The first-order chi connectivity index (χ1) is 11.7. The Morgan fingerprint density at radius 1 is 1.33 bits per heavy atom. The molecule has 4 nitrogen and oxygen atoms in total. The van der Waals surface area contributed by atoms with Crippen LogP contribution in [0.3, 0.4) is 0 Å². The van der Waals surface area contributed by atoms with E-state index >= 15 is 0 Å². The molecule has 0 N–H and O–H groups in total. The van der Waals surface area contributed by atoms with Crippen molar-refractivity contribution in [3.8, 4) is 5.75 Å². The van der Waals surface area contributed by atoms with Crippen molar-refractivity contribution in [1.29, 1.82) is 0 Å². The number of rotatable bonds is 6. The highest BCUT2D eigenvalue weighted by atomic mass is 32.2. The maximum Gasteiger partial charge on any atom is 0.259 e. The Morgan fingerprint density at radius 2 is 2.17 bits per heavy atom. The van der Waals surface area contributed by atoms with Crippen LogP contribution in [0.2, 0.25) is 0 Å². The Kier molecular flexibility index (Phi) is 5.48. The molecule has 24 heavy (non-hydrogen) atoms. The zero-order valence-electron chi connectivity index (χ0n) is 13.4. The van der Waals surface area contributed by atoms with Crippen molar-refractivity contribution in [1.82, 2.24) is 5.01 Å². The maximum atomic E-state index is 11.8. The number of thioether (sulfide) groups is 1. The Hall–Kier alpha value is -1.92. The highest BCUT2D eigenvalue weighted by Gasteiger charge is 2.26. The molecule has 2 aromatic carbocycles. The van der Waals surface area contributed by atoms with E-state index in [1.165, 1.54) is 16.8 Å². The molecule has 1 aliphatic heterocycles. The zero-order chi connectivity index (χ0) is 16.9. The Labute approximate surface area is 150 Å². The lowest BCUT2D eigenvalue weighted by molar-refractivity contribution is -0.123. The second-order valence-electron chi connectivity index (χ2n) is 5.41. The van der Waals surface area contributed by atoms with E-state index in [1.54, 1.807) is 6.21 Å². The number of amides is 1. The SMILES string of the molecule is CCCCOc1ccc2ccccc2c1C=NN1C(=O)CSC1=S. The molecule has 1 saturated heterocycles. The highest BCUT2D eigenvalue weighted by Crippen LogP contribution is 2.28. The summed E-state index contributed by atoms with van der Waals surface area (Å²) < 4.78 is 6.41. The van der Waals surface area contributed by atoms with Crippen LogP contribution < -0.4 is 4.74 Å². The molecular formula is C18H18N2O2S2.